The number of hydrogen-bond donors (Lipinski definition) is 2. The van der Waals surface area contributed by atoms with E-state index in [4.69, 9.17) is 11.6 Å². The summed E-state index contributed by atoms with van der Waals surface area (Å²) >= 11 is 6.05. The second kappa shape index (κ2) is 7.32. The highest BCUT2D eigenvalue weighted by Gasteiger charge is 2.05. The second-order valence-corrected chi connectivity index (χ2v) is 6.07. The fraction of sp³-hybridized carbons (Fsp3) is 0.105. The van der Waals surface area contributed by atoms with E-state index >= 15 is 0 Å². The van der Waals surface area contributed by atoms with Gasteiger partial charge in [0.15, 0.2) is 5.78 Å². The van der Waals surface area contributed by atoms with Crippen molar-refractivity contribution in [3.05, 3.63) is 71.0 Å². The standard InChI is InChI=1S/C19H17ClN4O/c1-12-6-7-15(20)9-17(12)24-19-10-18(21-11-22-19)23-16-5-3-4-14(8-16)13(2)25/h3-11H,1-2H3,(H2,21,22,23,24). The van der Waals surface area contributed by atoms with Gasteiger partial charge in [-0.3, -0.25) is 4.79 Å². The molecule has 0 radical (unpaired) electrons. The summed E-state index contributed by atoms with van der Waals surface area (Å²) in [5.74, 6) is 1.29. The number of aromatic nitrogens is 2. The first kappa shape index (κ1) is 16.9. The molecule has 25 heavy (non-hydrogen) atoms. The van der Waals surface area contributed by atoms with E-state index in [0.717, 1.165) is 16.9 Å². The number of nitrogens with one attached hydrogen (secondary N) is 2. The van der Waals surface area contributed by atoms with Crippen LogP contribution in [0, 0.1) is 6.92 Å². The van der Waals surface area contributed by atoms with Crippen molar-refractivity contribution < 1.29 is 4.79 Å². The van der Waals surface area contributed by atoms with E-state index in [-0.39, 0.29) is 5.78 Å². The fourth-order valence-corrected chi connectivity index (χ4v) is 2.50. The Morgan fingerprint density at radius 3 is 2.52 bits per heavy atom. The molecule has 2 N–H and O–H groups in total. The summed E-state index contributed by atoms with van der Waals surface area (Å²) in [6, 6.07) is 14.7. The highest BCUT2D eigenvalue weighted by Crippen LogP contribution is 2.24. The van der Waals surface area contributed by atoms with Gasteiger partial charge in [0, 0.05) is 28.0 Å². The lowest BCUT2D eigenvalue weighted by atomic mass is 10.1. The molecule has 126 valence electrons. The Hall–Kier alpha value is -2.92. The van der Waals surface area contributed by atoms with Crippen molar-refractivity contribution >= 4 is 40.4 Å². The van der Waals surface area contributed by atoms with Crippen LogP contribution in [0.4, 0.5) is 23.0 Å². The molecular weight excluding hydrogens is 336 g/mol. The minimum atomic E-state index is 0.0186. The third-order valence-electron chi connectivity index (χ3n) is 3.67. The highest BCUT2D eigenvalue weighted by atomic mass is 35.5. The van der Waals surface area contributed by atoms with Gasteiger partial charge in [-0.2, -0.15) is 0 Å². The van der Waals surface area contributed by atoms with Gasteiger partial charge < -0.3 is 10.6 Å². The molecule has 0 amide bonds. The van der Waals surface area contributed by atoms with Crippen molar-refractivity contribution in [2.45, 2.75) is 13.8 Å². The summed E-state index contributed by atoms with van der Waals surface area (Å²) < 4.78 is 0. The van der Waals surface area contributed by atoms with Crippen LogP contribution in [0.1, 0.15) is 22.8 Å². The topological polar surface area (TPSA) is 66.9 Å². The van der Waals surface area contributed by atoms with E-state index in [2.05, 4.69) is 20.6 Å². The summed E-state index contributed by atoms with van der Waals surface area (Å²) in [5.41, 5.74) is 3.38. The molecule has 0 unspecified atom stereocenters. The zero-order chi connectivity index (χ0) is 17.8. The quantitative estimate of drug-likeness (QED) is 0.623. The first-order chi connectivity index (χ1) is 12.0. The Labute approximate surface area is 151 Å². The number of rotatable bonds is 5. The molecule has 6 heteroatoms. The van der Waals surface area contributed by atoms with Gasteiger partial charge in [-0.05, 0) is 43.7 Å². The molecule has 0 atom stereocenters. The average molecular weight is 353 g/mol. The summed E-state index contributed by atoms with van der Waals surface area (Å²) in [6.07, 6.45) is 1.47. The molecule has 0 aliphatic heterocycles. The number of carbonyl (C=O) groups excluding carboxylic acids is 1. The van der Waals surface area contributed by atoms with Crippen LogP contribution in [-0.4, -0.2) is 15.8 Å². The van der Waals surface area contributed by atoms with Crippen molar-refractivity contribution in [1.82, 2.24) is 9.97 Å². The van der Waals surface area contributed by atoms with Crippen molar-refractivity contribution in [2.75, 3.05) is 10.6 Å². The van der Waals surface area contributed by atoms with Gasteiger partial charge in [0.2, 0.25) is 0 Å². The van der Waals surface area contributed by atoms with Crippen molar-refractivity contribution in [3.8, 4) is 0 Å². The lowest BCUT2D eigenvalue weighted by molar-refractivity contribution is 0.101. The van der Waals surface area contributed by atoms with Crippen LogP contribution in [0.25, 0.3) is 0 Å². The van der Waals surface area contributed by atoms with Crippen molar-refractivity contribution in [2.24, 2.45) is 0 Å². The predicted molar refractivity (Wildman–Crippen MR) is 101 cm³/mol. The molecule has 0 aliphatic carbocycles. The summed E-state index contributed by atoms with van der Waals surface area (Å²) in [4.78, 5) is 19.9. The number of aryl methyl sites for hydroxylation is 1. The number of benzene rings is 2. The van der Waals surface area contributed by atoms with E-state index in [0.29, 0.717) is 22.2 Å². The van der Waals surface area contributed by atoms with Crippen LogP contribution >= 0.6 is 11.6 Å². The Morgan fingerprint density at radius 1 is 1.00 bits per heavy atom. The average Bonchev–Trinajstić information content (AvgIpc) is 2.59. The molecule has 5 nitrogen and oxygen atoms in total. The number of anilines is 4. The first-order valence-electron chi connectivity index (χ1n) is 7.74. The van der Waals surface area contributed by atoms with E-state index in [9.17, 15) is 4.79 Å². The Bertz CT molecular complexity index is 927. The summed E-state index contributed by atoms with van der Waals surface area (Å²) in [5, 5.41) is 7.08. The van der Waals surface area contributed by atoms with E-state index < -0.39 is 0 Å². The number of Topliss-reactive ketones (excluding diaryl/α,β-unsaturated/α-hetero) is 1. The SMILES string of the molecule is CC(=O)c1cccc(Nc2cc(Nc3cc(Cl)ccc3C)ncn2)c1. The number of nitrogens with zero attached hydrogens (tertiary/aromatic N) is 2. The molecule has 2 aromatic carbocycles. The molecule has 0 bridgehead atoms. The summed E-state index contributed by atoms with van der Waals surface area (Å²) in [7, 11) is 0. The van der Waals surface area contributed by atoms with Gasteiger partial charge in [-0.1, -0.05) is 29.8 Å². The number of ketones is 1. The van der Waals surface area contributed by atoms with Crippen LogP contribution in [0.15, 0.2) is 54.9 Å². The van der Waals surface area contributed by atoms with Gasteiger partial charge >= 0.3 is 0 Å². The van der Waals surface area contributed by atoms with Crippen molar-refractivity contribution in [3.63, 3.8) is 0 Å². The Balaban J connectivity index is 1.81. The molecule has 0 saturated heterocycles. The highest BCUT2D eigenvalue weighted by molar-refractivity contribution is 6.30. The number of hydrogen-bond acceptors (Lipinski definition) is 5. The van der Waals surface area contributed by atoms with Crippen molar-refractivity contribution in [1.29, 1.82) is 0 Å². The van der Waals surface area contributed by atoms with Gasteiger partial charge in [0.05, 0.1) is 0 Å². The van der Waals surface area contributed by atoms with E-state index in [1.165, 1.54) is 6.33 Å². The predicted octanol–water partition coefficient (Wildman–Crippen LogP) is 5.13. The largest absolute Gasteiger partial charge is 0.340 e. The van der Waals surface area contributed by atoms with E-state index in [1.807, 2.05) is 37.3 Å². The van der Waals surface area contributed by atoms with Gasteiger partial charge in [-0.15, -0.1) is 0 Å². The number of carbonyl (C=O) groups is 1. The molecule has 0 aliphatic rings. The smallest absolute Gasteiger partial charge is 0.159 e. The third-order valence-corrected chi connectivity index (χ3v) is 3.91. The van der Waals surface area contributed by atoms with Crippen LogP contribution in [0.2, 0.25) is 5.02 Å². The molecule has 1 aromatic heterocycles. The minimum Gasteiger partial charge on any atom is -0.340 e. The van der Waals surface area contributed by atoms with Crippen LogP contribution in [0.5, 0.6) is 0 Å². The van der Waals surface area contributed by atoms with Gasteiger partial charge in [-0.25, -0.2) is 9.97 Å². The zero-order valence-electron chi connectivity index (χ0n) is 13.9. The number of halogens is 1. The maximum atomic E-state index is 11.5. The van der Waals surface area contributed by atoms with Gasteiger partial charge in [0.25, 0.3) is 0 Å². The maximum Gasteiger partial charge on any atom is 0.159 e. The molecule has 0 fully saturated rings. The first-order valence-corrected chi connectivity index (χ1v) is 8.12. The molecule has 3 rings (SSSR count). The molecular formula is C19H17ClN4O. The second-order valence-electron chi connectivity index (χ2n) is 5.63. The van der Waals surface area contributed by atoms with Crippen LogP contribution in [0.3, 0.4) is 0 Å². The molecule has 3 aromatic rings. The Kier molecular flexibility index (Phi) is 4.95. The molecule has 0 saturated carbocycles. The maximum absolute atomic E-state index is 11.5. The zero-order valence-corrected chi connectivity index (χ0v) is 14.6. The van der Waals surface area contributed by atoms with Crippen LogP contribution in [-0.2, 0) is 0 Å². The lowest BCUT2D eigenvalue weighted by Crippen LogP contribution is -2.00. The molecule has 1 heterocycles. The summed E-state index contributed by atoms with van der Waals surface area (Å²) in [6.45, 7) is 3.53. The normalized spacial score (nSPS) is 10.4. The fourth-order valence-electron chi connectivity index (χ4n) is 2.32. The molecule has 0 spiro atoms. The van der Waals surface area contributed by atoms with E-state index in [1.54, 1.807) is 25.1 Å². The lowest BCUT2D eigenvalue weighted by Gasteiger charge is -2.11. The van der Waals surface area contributed by atoms with Gasteiger partial charge in [0.1, 0.15) is 18.0 Å². The van der Waals surface area contributed by atoms with Crippen LogP contribution < -0.4 is 10.6 Å². The minimum absolute atomic E-state index is 0.0186. The third kappa shape index (κ3) is 4.33. The monoisotopic (exact) mass is 352 g/mol. The Morgan fingerprint density at radius 2 is 1.76 bits per heavy atom.